The van der Waals surface area contributed by atoms with E-state index in [1.165, 1.54) is 30.1 Å². The van der Waals surface area contributed by atoms with Crippen LogP contribution >= 0.6 is 11.3 Å². The molecule has 6 heteroatoms. The molecule has 3 aromatic rings. The number of hydrogen-bond donors (Lipinski definition) is 2. The van der Waals surface area contributed by atoms with Crippen molar-refractivity contribution in [3.05, 3.63) is 70.7 Å². The van der Waals surface area contributed by atoms with Crippen LogP contribution in [0.2, 0.25) is 0 Å². The highest BCUT2D eigenvalue weighted by Gasteiger charge is 2.35. The summed E-state index contributed by atoms with van der Waals surface area (Å²) in [6, 6.07) is 6.75. The van der Waals surface area contributed by atoms with Crippen LogP contribution in [0, 0.1) is 0 Å². The minimum Gasteiger partial charge on any atom is -0.472 e. The molecule has 0 unspecified atom stereocenters. The van der Waals surface area contributed by atoms with Crippen LogP contribution in [0.4, 0.5) is 0 Å². The van der Waals surface area contributed by atoms with Gasteiger partial charge in [-0.25, -0.2) is 0 Å². The van der Waals surface area contributed by atoms with Crippen LogP contribution in [0.15, 0.2) is 62.6 Å². The van der Waals surface area contributed by atoms with Crippen molar-refractivity contribution in [2.75, 3.05) is 6.54 Å². The molecule has 0 aliphatic heterocycles. The Morgan fingerprint density at radius 2 is 2.24 bits per heavy atom. The summed E-state index contributed by atoms with van der Waals surface area (Å²) in [6.07, 6.45) is 4.27. The van der Waals surface area contributed by atoms with Gasteiger partial charge in [-0.05, 0) is 35.0 Å². The van der Waals surface area contributed by atoms with Crippen LogP contribution in [-0.4, -0.2) is 17.6 Å². The average Bonchev–Trinajstić information content (AvgIpc) is 3.27. The van der Waals surface area contributed by atoms with Crippen LogP contribution in [0.5, 0.6) is 0 Å². The monoisotopic (exact) mass is 303 g/mol. The minimum absolute atomic E-state index is 0.00125. The number of aliphatic hydroxyl groups is 1. The predicted molar refractivity (Wildman–Crippen MR) is 77.1 cm³/mol. The number of carbonyl (C=O) groups excluding carboxylic acids is 1. The van der Waals surface area contributed by atoms with Crippen LogP contribution in [0.1, 0.15) is 21.7 Å². The van der Waals surface area contributed by atoms with Crippen molar-refractivity contribution in [1.82, 2.24) is 5.32 Å². The quantitative estimate of drug-likeness (QED) is 0.759. The summed E-state index contributed by atoms with van der Waals surface area (Å²) < 4.78 is 10.2. The second-order valence-corrected chi connectivity index (χ2v) is 5.32. The first-order valence-corrected chi connectivity index (χ1v) is 7.24. The van der Waals surface area contributed by atoms with Gasteiger partial charge in [0.25, 0.3) is 5.91 Å². The van der Waals surface area contributed by atoms with Crippen molar-refractivity contribution < 1.29 is 18.7 Å². The topological polar surface area (TPSA) is 75.6 Å². The molecule has 3 aromatic heterocycles. The molecule has 3 rings (SSSR count). The molecular formula is C15H13NO4S. The van der Waals surface area contributed by atoms with Crippen LogP contribution in [0.25, 0.3) is 0 Å². The van der Waals surface area contributed by atoms with Gasteiger partial charge in [-0.2, -0.15) is 11.3 Å². The molecule has 0 saturated heterocycles. The van der Waals surface area contributed by atoms with Gasteiger partial charge < -0.3 is 19.3 Å². The van der Waals surface area contributed by atoms with E-state index in [9.17, 15) is 9.90 Å². The number of rotatable bonds is 5. The fourth-order valence-electron chi connectivity index (χ4n) is 2.05. The summed E-state index contributed by atoms with van der Waals surface area (Å²) in [5.74, 6) is 0.0670. The Balaban J connectivity index is 1.83. The van der Waals surface area contributed by atoms with Crippen molar-refractivity contribution in [3.63, 3.8) is 0 Å². The van der Waals surface area contributed by atoms with Crippen molar-refractivity contribution in [2.45, 2.75) is 5.60 Å². The lowest BCUT2D eigenvalue weighted by atomic mass is 9.93. The van der Waals surface area contributed by atoms with Gasteiger partial charge in [0.2, 0.25) is 0 Å². The molecule has 3 heterocycles. The van der Waals surface area contributed by atoms with E-state index in [-0.39, 0.29) is 12.5 Å². The largest absolute Gasteiger partial charge is 0.472 e. The van der Waals surface area contributed by atoms with Crippen molar-refractivity contribution >= 4 is 17.2 Å². The molecule has 0 aliphatic rings. The Bertz CT molecular complexity index is 652. The van der Waals surface area contributed by atoms with Crippen molar-refractivity contribution in [2.24, 2.45) is 0 Å². The average molecular weight is 303 g/mol. The lowest BCUT2D eigenvalue weighted by molar-refractivity contribution is 0.0528. The Labute approximate surface area is 124 Å². The highest BCUT2D eigenvalue weighted by Crippen LogP contribution is 2.31. The van der Waals surface area contributed by atoms with Crippen molar-refractivity contribution in [1.29, 1.82) is 0 Å². The molecule has 1 atom stereocenters. The normalized spacial score (nSPS) is 13.8. The summed E-state index contributed by atoms with van der Waals surface area (Å²) in [7, 11) is 0. The molecule has 2 N–H and O–H groups in total. The lowest BCUT2D eigenvalue weighted by Crippen LogP contribution is -2.41. The Kier molecular flexibility index (Phi) is 3.64. The van der Waals surface area contributed by atoms with Gasteiger partial charge in [0.15, 0.2) is 5.60 Å². The second kappa shape index (κ2) is 5.59. The third-order valence-corrected chi connectivity index (χ3v) is 3.90. The Morgan fingerprint density at radius 3 is 2.86 bits per heavy atom. The van der Waals surface area contributed by atoms with Gasteiger partial charge in [0.05, 0.1) is 24.6 Å². The molecule has 108 valence electrons. The fraction of sp³-hybridized carbons (Fsp3) is 0.133. The zero-order valence-electron chi connectivity index (χ0n) is 11.0. The van der Waals surface area contributed by atoms with Gasteiger partial charge in [-0.3, -0.25) is 4.79 Å². The Hall–Kier alpha value is -2.31. The SMILES string of the molecule is O=C(NC[C@](O)(c1ccsc1)c1ccco1)c1ccoc1. The minimum atomic E-state index is -1.40. The van der Waals surface area contributed by atoms with Crippen molar-refractivity contribution in [3.8, 4) is 0 Å². The number of furan rings is 2. The first kappa shape index (κ1) is 13.7. The molecule has 0 radical (unpaired) electrons. The van der Waals surface area contributed by atoms with Gasteiger partial charge in [0.1, 0.15) is 12.0 Å². The molecule has 0 saturated carbocycles. The standard InChI is InChI=1S/C15H13NO4S/c17-14(11-3-6-19-8-11)16-10-15(18,12-4-7-21-9-12)13-2-1-5-20-13/h1-9,18H,10H2,(H,16,17)/t15-/m0/s1. The van der Waals surface area contributed by atoms with E-state index in [4.69, 9.17) is 8.83 Å². The number of thiophene rings is 1. The molecule has 5 nitrogen and oxygen atoms in total. The molecule has 1 amide bonds. The molecule has 0 spiro atoms. The van der Waals surface area contributed by atoms with Gasteiger partial charge >= 0.3 is 0 Å². The third-order valence-electron chi connectivity index (χ3n) is 3.22. The molecule has 0 aliphatic carbocycles. The van der Waals surface area contributed by atoms with E-state index in [0.29, 0.717) is 16.9 Å². The maximum absolute atomic E-state index is 12.0. The predicted octanol–water partition coefficient (Wildman–Crippen LogP) is 2.60. The number of hydrogen-bond acceptors (Lipinski definition) is 5. The van der Waals surface area contributed by atoms with E-state index >= 15 is 0 Å². The zero-order chi connectivity index (χ0) is 14.7. The molecule has 0 fully saturated rings. The Morgan fingerprint density at radius 1 is 1.33 bits per heavy atom. The smallest absolute Gasteiger partial charge is 0.254 e. The van der Waals surface area contributed by atoms with E-state index in [0.717, 1.165) is 0 Å². The number of amides is 1. The highest BCUT2D eigenvalue weighted by molar-refractivity contribution is 7.08. The van der Waals surface area contributed by atoms with E-state index in [2.05, 4.69) is 5.32 Å². The second-order valence-electron chi connectivity index (χ2n) is 4.54. The molecule has 21 heavy (non-hydrogen) atoms. The summed E-state index contributed by atoms with van der Waals surface area (Å²) in [5, 5.41) is 17.3. The molecular weight excluding hydrogens is 290 g/mol. The first-order valence-electron chi connectivity index (χ1n) is 6.29. The summed E-state index contributed by atoms with van der Waals surface area (Å²) in [5.41, 5.74) is -0.319. The summed E-state index contributed by atoms with van der Waals surface area (Å²) in [6.45, 7) is 0.00125. The number of nitrogens with one attached hydrogen (secondary N) is 1. The maximum atomic E-state index is 12.0. The highest BCUT2D eigenvalue weighted by atomic mass is 32.1. The zero-order valence-corrected chi connectivity index (χ0v) is 11.8. The van der Waals surface area contributed by atoms with E-state index in [1.807, 2.05) is 10.8 Å². The fourth-order valence-corrected chi connectivity index (χ4v) is 2.77. The van der Waals surface area contributed by atoms with Crippen LogP contribution in [0.3, 0.4) is 0 Å². The summed E-state index contributed by atoms with van der Waals surface area (Å²) in [4.78, 5) is 12.0. The maximum Gasteiger partial charge on any atom is 0.254 e. The van der Waals surface area contributed by atoms with E-state index < -0.39 is 5.60 Å². The van der Waals surface area contributed by atoms with Gasteiger partial charge in [0, 0.05) is 5.56 Å². The van der Waals surface area contributed by atoms with E-state index in [1.54, 1.807) is 24.3 Å². The molecule has 0 bridgehead atoms. The number of carbonyl (C=O) groups is 1. The van der Waals surface area contributed by atoms with Crippen LogP contribution < -0.4 is 5.32 Å². The summed E-state index contributed by atoms with van der Waals surface area (Å²) >= 11 is 1.47. The van der Waals surface area contributed by atoms with Gasteiger partial charge in [-0.15, -0.1) is 0 Å². The third kappa shape index (κ3) is 2.63. The first-order chi connectivity index (χ1) is 10.2. The van der Waals surface area contributed by atoms with Gasteiger partial charge in [-0.1, -0.05) is 0 Å². The molecule has 0 aromatic carbocycles. The lowest BCUT2D eigenvalue weighted by Gasteiger charge is -2.25. The van der Waals surface area contributed by atoms with Crippen LogP contribution in [-0.2, 0) is 5.60 Å².